The molecule has 0 fully saturated rings. The third-order valence-electron chi connectivity index (χ3n) is 6.65. The van der Waals surface area contributed by atoms with Crippen molar-refractivity contribution in [1.29, 1.82) is 0 Å². The molecule has 44 heavy (non-hydrogen) atoms. The number of allylic oxidation sites excluding steroid dienone is 2. The van der Waals surface area contributed by atoms with Crippen LogP contribution >= 0.6 is 0 Å². The number of pyridine rings is 2. The van der Waals surface area contributed by atoms with Crippen LogP contribution in [0.25, 0.3) is 44.1 Å². The zero-order chi connectivity index (χ0) is 30.8. The first-order valence-electron chi connectivity index (χ1n) is 14.2. The van der Waals surface area contributed by atoms with Crippen molar-refractivity contribution in [2.24, 2.45) is 0 Å². The zero-order valence-electron chi connectivity index (χ0n) is 25.7. The van der Waals surface area contributed by atoms with Gasteiger partial charge in [-0.25, -0.2) is 0 Å². The SMILES string of the molecule is CC(=[OH+])C=C(C)O.C[Si](C)(C)c1cc[c-]c(-c2nccc3ccccc23)c1.[Ir-3].[c-]1ccccc1-c1nccc2ccccc12. The summed E-state index contributed by atoms with van der Waals surface area (Å²) in [6.45, 7) is 10.1. The summed E-state index contributed by atoms with van der Waals surface area (Å²) in [6.07, 6.45) is 5.01. The van der Waals surface area contributed by atoms with Crippen LogP contribution < -0.4 is 5.19 Å². The minimum Gasteiger partial charge on any atom is -3.00 e. The molecule has 0 aliphatic heterocycles. The van der Waals surface area contributed by atoms with E-state index in [9.17, 15) is 0 Å². The van der Waals surface area contributed by atoms with E-state index in [1.54, 1.807) is 0 Å². The van der Waals surface area contributed by atoms with Gasteiger partial charge in [0, 0.05) is 12.4 Å². The van der Waals surface area contributed by atoms with E-state index in [0.717, 1.165) is 22.5 Å². The maximum Gasteiger partial charge on any atom is 0.316 e. The summed E-state index contributed by atoms with van der Waals surface area (Å²) in [7, 11) is -1.31. The smallest absolute Gasteiger partial charge is 0.316 e. The van der Waals surface area contributed by atoms with Crippen LogP contribution in [0.15, 0.2) is 127 Å². The molecule has 0 atom stereocenters. The third-order valence-corrected chi connectivity index (χ3v) is 8.70. The summed E-state index contributed by atoms with van der Waals surface area (Å²) in [4.78, 5) is 17.4. The second-order valence-corrected chi connectivity index (χ2v) is 16.3. The molecular formula is C38H37IrN2O2Si-4. The van der Waals surface area contributed by atoms with Crippen LogP contribution in [0.2, 0.25) is 19.6 Å². The largest absolute Gasteiger partial charge is 3.00 e. The van der Waals surface area contributed by atoms with Crippen molar-refractivity contribution in [2.75, 3.05) is 0 Å². The van der Waals surface area contributed by atoms with Gasteiger partial charge in [-0.2, -0.15) is 0 Å². The summed E-state index contributed by atoms with van der Waals surface area (Å²) < 4.78 is 0. The van der Waals surface area contributed by atoms with Crippen molar-refractivity contribution in [1.82, 2.24) is 9.97 Å². The number of rotatable bonds is 4. The van der Waals surface area contributed by atoms with E-state index >= 15 is 0 Å². The van der Waals surface area contributed by atoms with E-state index < -0.39 is 8.07 Å². The maximum absolute atomic E-state index is 8.40. The molecule has 0 aliphatic carbocycles. The Labute approximate surface area is 274 Å². The second-order valence-electron chi connectivity index (χ2n) is 11.2. The fraction of sp³-hybridized carbons (Fsp3) is 0.132. The van der Waals surface area contributed by atoms with Crippen LogP contribution in [0, 0.1) is 12.1 Å². The number of aliphatic hydroxyl groups excluding tert-OH is 1. The first kappa shape index (κ1) is 34.3. The minimum absolute atomic E-state index is 0. The van der Waals surface area contributed by atoms with E-state index in [1.165, 1.54) is 46.7 Å². The number of hydrogen-bond donors (Lipinski definition) is 1. The van der Waals surface area contributed by atoms with Crippen LogP contribution in [0.1, 0.15) is 13.8 Å². The number of fused-ring (bicyclic) bond motifs is 2. The van der Waals surface area contributed by atoms with E-state index in [0.29, 0.717) is 0 Å². The van der Waals surface area contributed by atoms with Crippen molar-refractivity contribution in [3.05, 3.63) is 139 Å². The van der Waals surface area contributed by atoms with Gasteiger partial charge < -0.3 is 35.2 Å². The molecule has 2 heterocycles. The molecule has 0 amide bonds. The van der Waals surface area contributed by atoms with Crippen molar-refractivity contribution in [3.8, 4) is 22.5 Å². The van der Waals surface area contributed by atoms with Crippen molar-refractivity contribution in [3.63, 3.8) is 0 Å². The topological polar surface area (TPSA) is 67.4 Å². The molecule has 6 rings (SSSR count). The van der Waals surface area contributed by atoms with Gasteiger partial charge in [-0.15, -0.1) is 70.9 Å². The molecule has 0 saturated carbocycles. The summed E-state index contributed by atoms with van der Waals surface area (Å²) in [5.41, 5.74) is 4.17. The number of benzene rings is 4. The van der Waals surface area contributed by atoms with Crippen molar-refractivity contribution in [2.45, 2.75) is 33.5 Å². The molecule has 2 N–H and O–H groups in total. The van der Waals surface area contributed by atoms with E-state index in [4.69, 9.17) is 9.90 Å². The normalized spacial score (nSPS) is 11.0. The molecular weight excluding hydrogens is 737 g/mol. The molecule has 4 aromatic carbocycles. The molecule has 6 aromatic rings. The summed E-state index contributed by atoms with van der Waals surface area (Å²) in [6, 6.07) is 41.7. The molecule has 0 unspecified atom stereocenters. The predicted octanol–water partition coefficient (Wildman–Crippen LogP) is 8.96. The number of carbonyl (C=O) groups excluding carboxylic acids is 1. The third kappa shape index (κ3) is 9.39. The zero-order valence-corrected chi connectivity index (χ0v) is 29.1. The average molecular weight is 774 g/mol. The van der Waals surface area contributed by atoms with Gasteiger partial charge in [0.05, 0.1) is 26.8 Å². The average Bonchev–Trinajstić information content (AvgIpc) is 3.00. The van der Waals surface area contributed by atoms with Gasteiger partial charge in [-0.3, -0.25) is 4.79 Å². The van der Waals surface area contributed by atoms with Crippen molar-refractivity contribution < 1.29 is 30.0 Å². The number of ketones is 1. The Hall–Kier alpha value is -4.22. The molecule has 0 aliphatic rings. The summed E-state index contributed by atoms with van der Waals surface area (Å²) >= 11 is 0. The number of aromatic nitrogens is 2. The summed E-state index contributed by atoms with van der Waals surface area (Å²) in [5.74, 6) is 0.250. The molecule has 0 spiro atoms. The Morgan fingerprint density at radius 1 is 0.705 bits per heavy atom. The molecule has 0 saturated heterocycles. The number of nitrogens with zero attached hydrogens (tertiary/aromatic N) is 2. The number of aliphatic hydroxyl groups is 1. The number of hydrogen-bond acceptors (Lipinski definition) is 3. The molecule has 2 aromatic heterocycles. The van der Waals surface area contributed by atoms with Gasteiger partial charge in [-0.05, 0) is 52.0 Å². The van der Waals surface area contributed by atoms with E-state index in [-0.39, 0.29) is 31.6 Å². The molecule has 0 bridgehead atoms. The van der Waals surface area contributed by atoms with Crippen LogP contribution in [0.4, 0.5) is 0 Å². The monoisotopic (exact) mass is 774 g/mol. The van der Waals surface area contributed by atoms with Crippen LogP contribution in [0.3, 0.4) is 0 Å². The Morgan fingerprint density at radius 2 is 1.23 bits per heavy atom. The Kier molecular flexibility index (Phi) is 12.5. The predicted molar refractivity (Wildman–Crippen MR) is 184 cm³/mol. The van der Waals surface area contributed by atoms with Gasteiger partial charge in [0.2, 0.25) is 0 Å². The molecule has 6 heteroatoms. The Morgan fingerprint density at radius 3 is 1.70 bits per heavy atom. The standard InChI is InChI=1S/C18H18NSi.C15H10N.C5H8O2.Ir/c1-20(2,3)16-9-6-8-15(13-16)18-17-10-5-4-7-14(17)11-12-19-18;1-2-7-13(8-3-1)15-14-9-5-4-6-12(14)10-11-16-15;1-4(6)3-5(2)7;/h4-7,9-13H,1-3H3;1-7,9-11H;3,6H,1-2H3;/q2*-1;;-3/p+1. The van der Waals surface area contributed by atoms with E-state index in [1.807, 2.05) is 60.9 Å². The first-order valence-corrected chi connectivity index (χ1v) is 17.7. The van der Waals surface area contributed by atoms with Crippen molar-refractivity contribution >= 4 is 40.6 Å². The van der Waals surface area contributed by atoms with Crippen LogP contribution in [0.5, 0.6) is 0 Å². The molecule has 4 nitrogen and oxygen atoms in total. The van der Waals surface area contributed by atoms with Gasteiger partial charge in [0.15, 0.2) is 0 Å². The summed E-state index contributed by atoms with van der Waals surface area (Å²) in [5, 5.41) is 14.7. The molecule has 228 valence electrons. The van der Waals surface area contributed by atoms with Gasteiger partial charge in [0.25, 0.3) is 0 Å². The Bertz CT molecular complexity index is 1850. The van der Waals surface area contributed by atoms with Crippen LogP contribution in [-0.4, -0.2) is 33.7 Å². The Balaban J connectivity index is 0.000000198. The van der Waals surface area contributed by atoms with Gasteiger partial charge >= 0.3 is 5.78 Å². The second kappa shape index (κ2) is 16.0. The minimum atomic E-state index is -1.31. The van der Waals surface area contributed by atoms with Gasteiger partial charge in [0.1, 0.15) is 0 Å². The molecule has 0 radical (unpaired) electrons. The quantitative estimate of drug-likeness (QED) is 0.0640. The first-order chi connectivity index (χ1) is 20.6. The maximum atomic E-state index is 8.40. The fourth-order valence-electron chi connectivity index (χ4n) is 4.58. The van der Waals surface area contributed by atoms with Crippen LogP contribution in [-0.2, 0) is 20.1 Å². The van der Waals surface area contributed by atoms with Gasteiger partial charge in [-0.1, -0.05) is 68.2 Å². The fourth-order valence-corrected chi connectivity index (χ4v) is 5.74. The van der Waals surface area contributed by atoms with E-state index in [2.05, 4.69) is 96.3 Å².